The van der Waals surface area contributed by atoms with Crippen LogP contribution < -0.4 is 4.74 Å². The first-order valence-electron chi connectivity index (χ1n) is 13.3. The molecule has 11 heteroatoms. The van der Waals surface area contributed by atoms with Gasteiger partial charge in [0.1, 0.15) is 18.2 Å². The van der Waals surface area contributed by atoms with Crippen LogP contribution in [0.3, 0.4) is 0 Å². The van der Waals surface area contributed by atoms with Gasteiger partial charge < -0.3 is 19.1 Å². The van der Waals surface area contributed by atoms with Crippen LogP contribution in [0.25, 0.3) is 11.0 Å². The maximum absolute atomic E-state index is 14.6. The smallest absolute Gasteiger partial charge is 0.335 e. The van der Waals surface area contributed by atoms with Crippen LogP contribution in [0.2, 0.25) is 5.02 Å². The predicted octanol–water partition coefficient (Wildman–Crippen LogP) is 6.14. The molecule has 0 amide bonds. The zero-order chi connectivity index (χ0) is 27.8. The Hall–Kier alpha value is -3.18. The largest absolute Gasteiger partial charge is 0.486 e. The van der Waals surface area contributed by atoms with Crippen LogP contribution in [0.5, 0.6) is 5.75 Å². The minimum Gasteiger partial charge on any atom is -0.486 e. The normalized spacial score (nSPS) is 18.7. The molecular formula is C30H30ClF2N3O4S. The van der Waals surface area contributed by atoms with E-state index in [-0.39, 0.29) is 54.3 Å². The van der Waals surface area contributed by atoms with Crippen molar-refractivity contribution in [3.8, 4) is 5.75 Å². The lowest BCUT2D eigenvalue weighted by Gasteiger charge is -2.28. The number of benzene rings is 3. The second kappa shape index (κ2) is 12.4. The van der Waals surface area contributed by atoms with E-state index in [1.54, 1.807) is 30.3 Å². The number of rotatable bonds is 9. The minimum atomic E-state index is -0.975. The van der Waals surface area contributed by atoms with Gasteiger partial charge in [-0.1, -0.05) is 17.7 Å². The summed E-state index contributed by atoms with van der Waals surface area (Å²) in [6.45, 7) is 3.50. The molecule has 4 aromatic rings. The molecule has 0 spiro atoms. The highest BCUT2D eigenvalue weighted by molar-refractivity contribution is 7.59. The first-order chi connectivity index (χ1) is 19.3. The lowest BCUT2D eigenvalue weighted by molar-refractivity contribution is -0.0591. The van der Waals surface area contributed by atoms with E-state index in [0.717, 1.165) is 55.0 Å². The van der Waals surface area contributed by atoms with E-state index >= 15 is 0 Å². The Morgan fingerprint density at radius 1 is 1.12 bits per heavy atom. The molecule has 2 atom stereocenters. The van der Waals surface area contributed by atoms with E-state index in [0.29, 0.717) is 18.7 Å². The highest BCUT2D eigenvalue weighted by atomic mass is 35.5. The summed E-state index contributed by atoms with van der Waals surface area (Å²) in [5, 5.41) is 9.76. The zero-order valence-electron chi connectivity index (χ0n) is 22.2. The summed E-state index contributed by atoms with van der Waals surface area (Å²) in [6.07, 6.45) is 1.90. The molecule has 0 saturated carbocycles. The van der Waals surface area contributed by atoms with Gasteiger partial charge in [-0.05, 0) is 85.0 Å². The van der Waals surface area contributed by atoms with Crippen LogP contribution in [0, 0.1) is 11.6 Å². The Morgan fingerprint density at radius 2 is 1.95 bits per heavy atom. The SMILES string of the molecule is O=C(O)c1ccc2nc(CN3CCC(c4cc(F)cc(COc5ccc(Cl)cc5F)c4)C3)n(C[C@@H]3CCO3)c2c1.S. The first-order valence-corrected chi connectivity index (χ1v) is 13.6. The third-order valence-electron chi connectivity index (χ3n) is 7.63. The number of aromatic carboxylic acids is 1. The molecule has 3 aromatic carbocycles. The van der Waals surface area contributed by atoms with Gasteiger partial charge in [0.25, 0.3) is 0 Å². The molecule has 0 aliphatic carbocycles. The van der Waals surface area contributed by atoms with Gasteiger partial charge in [-0.3, -0.25) is 4.90 Å². The number of aromatic nitrogens is 2. The maximum Gasteiger partial charge on any atom is 0.335 e. The fourth-order valence-corrected chi connectivity index (χ4v) is 5.62. The van der Waals surface area contributed by atoms with E-state index in [4.69, 9.17) is 26.1 Å². The molecule has 41 heavy (non-hydrogen) atoms. The number of imidazole rings is 1. The summed E-state index contributed by atoms with van der Waals surface area (Å²) in [6, 6.07) is 14.1. The molecule has 1 unspecified atom stereocenters. The van der Waals surface area contributed by atoms with Gasteiger partial charge in [0, 0.05) is 18.2 Å². The van der Waals surface area contributed by atoms with E-state index in [1.165, 1.54) is 18.2 Å². The van der Waals surface area contributed by atoms with Crippen LogP contribution in [-0.4, -0.2) is 51.3 Å². The highest BCUT2D eigenvalue weighted by Crippen LogP contribution is 2.31. The molecule has 0 bridgehead atoms. The lowest BCUT2D eigenvalue weighted by Crippen LogP contribution is -2.32. The number of likely N-dealkylation sites (tertiary alicyclic amines) is 1. The lowest BCUT2D eigenvalue weighted by atomic mass is 9.96. The Bertz CT molecular complexity index is 1580. The molecular weight excluding hydrogens is 572 g/mol. The van der Waals surface area contributed by atoms with Crippen LogP contribution in [0.4, 0.5) is 8.78 Å². The standard InChI is InChI=1S/C30H28ClF2N3O4.H2S/c31-22-2-4-28(25(33)13-22)40-17-18-9-21(11-23(32)10-18)20-5-7-35(14-20)16-29-34-26-3-1-19(30(37)38)12-27(26)36(29)15-24-6-8-39-24;/h1-4,9-13,20,24H,5-8,14-17H2,(H,37,38);1H2/t20?,24-;/m0./s1. The van der Waals surface area contributed by atoms with Gasteiger partial charge in [0.15, 0.2) is 11.6 Å². The molecule has 0 radical (unpaired) electrons. The average Bonchev–Trinajstić information content (AvgIpc) is 3.49. The summed E-state index contributed by atoms with van der Waals surface area (Å²) in [7, 11) is 0. The van der Waals surface area contributed by atoms with Gasteiger partial charge in [0.2, 0.25) is 0 Å². The van der Waals surface area contributed by atoms with Crippen molar-refractivity contribution in [2.45, 2.75) is 44.6 Å². The fourth-order valence-electron chi connectivity index (χ4n) is 5.46. The van der Waals surface area contributed by atoms with Crippen LogP contribution in [-0.2, 0) is 24.4 Å². The summed E-state index contributed by atoms with van der Waals surface area (Å²) in [4.78, 5) is 18.7. The molecule has 3 heterocycles. The van der Waals surface area contributed by atoms with Crippen molar-refractivity contribution < 1.29 is 28.2 Å². The van der Waals surface area contributed by atoms with Crippen molar-refractivity contribution in [2.24, 2.45) is 0 Å². The summed E-state index contributed by atoms with van der Waals surface area (Å²) < 4.78 is 42.0. The molecule has 2 aliphatic heterocycles. The van der Waals surface area contributed by atoms with Crippen molar-refractivity contribution in [2.75, 3.05) is 19.7 Å². The average molecular weight is 602 g/mol. The zero-order valence-corrected chi connectivity index (χ0v) is 23.9. The monoisotopic (exact) mass is 601 g/mol. The van der Waals surface area contributed by atoms with Gasteiger partial charge >= 0.3 is 5.97 Å². The van der Waals surface area contributed by atoms with Crippen LogP contribution in [0.15, 0.2) is 54.6 Å². The first kappa shape index (κ1) is 29.3. The summed E-state index contributed by atoms with van der Waals surface area (Å²) in [5.41, 5.74) is 3.26. The van der Waals surface area contributed by atoms with Crippen molar-refractivity contribution in [1.29, 1.82) is 0 Å². The Kier molecular flexibility index (Phi) is 8.84. The van der Waals surface area contributed by atoms with Crippen LogP contribution >= 0.6 is 25.1 Å². The molecule has 2 aliphatic rings. The molecule has 216 valence electrons. The molecule has 2 fully saturated rings. The van der Waals surface area contributed by atoms with Crippen molar-refractivity contribution >= 4 is 42.1 Å². The minimum absolute atomic E-state index is 0. The van der Waals surface area contributed by atoms with E-state index in [2.05, 4.69) is 9.47 Å². The Labute approximate surface area is 248 Å². The fraction of sp³-hybridized carbons (Fsp3) is 0.333. The number of halogens is 3. The van der Waals surface area contributed by atoms with Crippen molar-refractivity contribution in [1.82, 2.24) is 14.5 Å². The van der Waals surface area contributed by atoms with Gasteiger partial charge in [-0.2, -0.15) is 13.5 Å². The third-order valence-corrected chi connectivity index (χ3v) is 7.87. The predicted molar refractivity (Wildman–Crippen MR) is 156 cm³/mol. The quantitative estimate of drug-likeness (QED) is 0.248. The molecule has 6 rings (SSSR count). The molecule has 1 N–H and O–H groups in total. The topological polar surface area (TPSA) is 76.8 Å². The summed E-state index contributed by atoms with van der Waals surface area (Å²) >= 11 is 5.81. The number of ether oxygens (including phenoxy) is 2. The Morgan fingerprint density at radius 3 is 2.68 bits per heavy atom. The molecule has 7 nitrogen and oxygen atoms in total. The number of nitrogens with zero attached hydrogens (tertiary/aromatic N) is 3. The number of fused-ring (bicyclic) bond motifs is 1. The number of hydrogen-bond donors (Lipinski definition) is 1. The van der Waals surface area contributed by atoms with Crippen molar-refractivity contribution in [3.63, 3.8) is 0 Å². The second-order valence-electron chi connectivity index (χ2n) is 10.4. The Balaban J connectivity index is 0.00000337. The molecule has 2 saturated heterocycles. The highest BCUT2D eigenvalue weighted by Gasteiger charge is 2.28. The van der Waals surface area contributed by atoms with E-state index in [9.17, 15) is 18.7 Å². The third kappa shape index (κ3) is 6.51. The van der Waals surface area contributed by atoms with E-state index in [1.807, 2.05) is 6.07 Å². The number of hydrogen-bond acceptors (Lipinski definition) is 5. The molecule has 1 aromatic heterocycles. The van der Waals surface area contributed by atoms with Crippen molar-refractivity contribution in [3.05, 3.63) is 93.8 Å². The number of carboxylic acid groups (broad SMARTS) is 1. The number of carboxylic acids is 1. The van der Waals surface area contributed by atoms with Gasteiger partial charge in [-0.15, -0.1) is 0 Å². The van der Waals surface area contributed by atoms with Gasteiger partial charge in [0.05, 0.1) is 35.8 Å². The van der Waals surface area contributed by atoms with E-state index < -0.39 is 11.8 Å². The van der Waals surface area contributed by atoms with Gasteiger partial charge in [-0.25, -0.2) is 18.6 Å². The summed E-state index contributed by atoms with van der Waals surface area (Å²) in [5.74, 6) is -0.864. The number of carbonyl (C=O) groups is 1. The second-order valence-corrected chi connectivity index (χ2v) is 10.8. The van der Waals surface area contributed by atoms with Crippen LogP contribution in [0.1, 0.15) is 46.1 Å². The maximum atomic E-state index is 14.6.